The maximum absolute atomic E-state index is 5.80. The minimum absolute atomic E-state index is 0.258. The van der Waals surface area contributed by atoms with E-state index in [0.29, 0.717) is 0 Å². The number of benzene rings is 1. The zero-order chi connectivity index (χ0) is 12.4. The molecule has 0 amide bonds. The molecule has 1 heterocycles. The highest BCUT2D eigenvalue weighted by atomic mass is 32.1. The molecule has 18 heavy (non-hydrogen) atoms. The van der Waals surface area contributed by atoms with Gasteiger partial charge in [-0.1, -0.05) is 0 Å². The van der Waals surface area contributed by atoms with Gasteiger partial charge in [0, 0.05) is 29.1 Å². The van der Waals surface area contributed by atoms with E-state index in [4.69, 9.17) is 10.5 Å². The molecule has 0 bridgehead atoms. The summed E-state index contributed by atoms with van der Waals surface area (Å²) in [5.41, 5.74) is 7.13. The van der Waals surface area contributed by atoms with Crippen molar-refractivity contribution in [1.82, 2.24) is 4.98 Å². The highest BCUT2D eigenvalue weighted by Crippen LogP contribution is 2.44. The number of ether oxygens (including phenoxy) is 1. The molecule has 94 valence electrons. The second kappa shape index (κ2) is 4.71. The standard InChI is InChI=1S/C14H16N2OS/c15-9-14(5-6-14)10-17-12-3-1-11(2-4-12)13-16-7-8-18-13/h1-4,7-8H,5-6,9-10,15H2. The molecule has 3 rings (SSSR count). The fourth-order valence-electron chi connectivity index (χ4n) is 1.88. The van der Waals surface area contributed by atoms with Crippen LogP contribution < -0.4 is 10.5 Å². The first-order chi connectivity index (χ1) is 8.81. The van der Waals surface area contributed by atoms with E-state index < -0.39 is 0 Å². The summed E-state index contributed by atoms with van der Waals surface area (Å²) < 4.78 is 5.80. The first kappa shape index (κ1) is 11.7. The van der Waals surface area contributed by atoms with E-state index in [9.17, 15) is 0 Å². The van der Waals surface area contributed by atoms with Gasteiger partial charge in [0.05, 0.1) is 6.61 Å². The third-order valence-electron chi connectivity index (χ3n) is 3.47. The molecule has 1 fully saturated rings. The maximum atomic E-state index is 5.80. The average Bonchev–Trinajstić information content (AvgIpc) is 3.00. The molecule has 0 spiro atoms. The Morgan fingerprint density at radius 2 is 2.06 bits per heavy atom. The van der Waals surface area contributed by atoms with Crippen molar-refractivity contribution in [2.45, 2.75) is 12.8 Å². The van der Waals surface area contributed by atoms with Crippen LogP contribution in [0.1, 0.15) is 12.8 Å². The van der Waals surface area contributed by atoms with E-state index in [1.807, 2.05) is 23.7 Å². The number of hydrogen-bond acceptors (Lipinski definition) is 4. The lowest BCUT2D eigenvalue weighted by molar-refractivity contribution is 0.239. The summed E-state index contributed by atoms with van der Waals surface area (Å²) in [6, 6.07) is 8.11. The van der Waals surface area contributed by atoms with Gasteiger partial charge in [0.1, 0.15) is 10.8 Å². The van der Waals surface area contributed by atoms with Crippen LogP contribution in [0, 0.1) is 5.41 Å². The molecule has 4 heteroatoms. The summed E-state index contributed by atoms with van der Waals surface area (Å²) >= 11 is 1.64. The molecular weight excluding hydrogens is 244 g/mol. The van der Waals surface area contributed by atoms with Crippen molar-refractivity contribution in [2.24, 2.45) is 11.1 Å². The quantitative estimate of drug-likeness (QED) is 0.899. The van der Waals surface area contributed by atoms with Gasteiger partial charge in [0.15, 0.2) is 0 Å². The predicted octanol–water partition coefficient (Wildman–Crippen LogP) is 2.93. The first-order valence-corrected chi connectivity index (χ1v) is 7.02. The maximum Gasteiger partial charge on any atom is 0.123 e. The number of hydrogen-bond donors (Lipinski definition) is 1. The number of rotatable bonds is 5. The van der Waals surface area contributed by atoms with Gasteiger partial charge in [-0.2, -0.15) is 0 Å². The summed E-state index contributed by atoms with van der Waals surface area (Å²) in [5, 5.41) is 3.03. The highest BCUT2D eigenvalue weighted by Gasteiger charge is 2.42. The van der Waals surface area contributed by atoms with Crippen LogP contribution in [0.15, 0.2) is 35.8 Å². The topological polar surface area (TPSA) is 48.1 Å². The molecule has 0 saturated heterocycles. The number of aromatic nitrogens is 1. The third-order valence-corrected chi connectivity index (χ3v) is 4.29. The van der Waals surface area contributed by atoms with E-state index in [1.165, 1.54) is 12.8 Å². The van der Waals surface area contributed by atoms with Crippen LogP contribution in [0.4, 0.5) is 0 Å². The van der Waals surface area contributed by atoms with Gasteiger partial charge >= 0.3 is 0 Å². The van der Waals surface area contributed by atoms with Crippen LogP contribution in [-0.2, 0) is 0 Å². The predicted molar refractivity (Wildman–Crippen MR) is 73.8 cm³/mol. The number of nitrogens with two attached hydrogens (primary N) is 1. The lowest BCUT2D eigenvalue weighted by Crippen LogP contribution is -2.22. The monoisotopic (exact) mass is 260 g/mol. The minimum atomic E-state index is 0.258. The Balaban J connectivity index is 1.64. The summed E-state index contributed by atoms with van der Waals surface area (Å²) in [5.74, 6) is 0.912. The zero-order valence-corrected chi connectivity index (χ0v) is 11.0. The molecule has 2 aromatic rings. The molecule has 0 unspecified atom stereocenters. The molecule has 3 nitrogen and oxygen atoms in total. The minimum Gasteiger partial charge on any atom is -0.493 e. The Morgan fingerprint density at radius 3 is 2.61 bits per heavy atom. The van der Waals surface area contributed by atoms with Gasteiger partial charge in [0.2, 0.25) is 0 Å². The van der Waals surface area contributed by atoms with Gasteiger partial charge in [0.25, 0.3) is 0 Å². The first-order valence-electron chi connectivity index (χ1n) is 6.14. The normalized spacial score (nSPS) is 16.5. The molecule has 0 radical (unpaired) electrons. The summed E-state index contributed by atoms with van der Waals surface area (Å²) in [6.45, 7) is 1.46. The van der Waals surface area contributed by atoms with Crippen molar-refractivity contribution >= 4 is 11.3 Å². The van der Waals surface area contributed by atoms with Crippen molar-refractivity contribution in [1.29, 1.82) is 0 Å². The van der Waals surface area contributed by atoms with Crippen LogP contribution >= 0.6 is 11.3 Å². The van der Waals surface area contributed by atoms with Gasteiger partial charge in [-0.3, -0.25) is 0 Å². The van der Waals surface area contributed by atoms with Crippen molar-refractivity contribution in [2.75, 3.05) is 13.2 Å². The van der Waals surface area contributed by atoms with Gasteiger partial charge in [-0.05, 0) is 37.1 Å². The van der Waals surface area contributed by atoms with Gasteiger partial charge in [-0.15, -0.1) is 11.3 Å². The van der Waals surface area contributed by atoms with E-state index in [1.54, 1.807) is 11.3 Å². The van der Waals surface area contributed by atoms with Crippen molar-refractivity contribution in [3.63, 3.8) is 0 Å². The zero-order valence-electron chi connectivity index (χ0n) is 10.1. The lowest BCUT2D eigenvalue weighted by atomic mass is 10.1. The third kappa shape index (κ3) is 2.40. The Labute approximate surface area is 111 Å². The molecule has 0 aliphatic heterocycles. The summed E-state index contributed by atoms with van der Waals surface area (Å²) in [7, 11) is 0. The molecule has 1 aliphatic rings. The van der Waals surface area contributed by atoms with E-state index >= 15 is 0 Å². The van der Waals surface area contributed by atoms with Crippen LogP contribution in [0.5, 0.6) is 5.75 Å². The molecular formula is C14H16N2OS. The summed E-state index contributed by atoms with van der Waals surface area (Å²) in [4.78, 5) is 4.29. The molecule has 1 aromatic carbocycles. The second-order valence-electron chi connectivity index (χ2n) is 4.85. The van der Waals surface area contributed by atoms with E-state index in [-0.39, 0.29) is 5.41 Å². The lowest BCUT2D eigenvalue weighted by Gasteiger charge is -2.13. The Hall–Kier alpha value is -1.39. The summed E-state index contributed by atoms with van der Waals surface area (Å²) in [6.07, 6.45) is 4.21. The Bertz CT molecular complexity index is 503. The van der Waals surface area contributed by atoms with Crippen molar-refractivity contribution in [3.05, 3.63) is 35.8 Å². The van der Waals surface area contributed by atoms with Crippen molar-refractivity contribution < 1.29 is 4.74 Å². The fourth-order valence-corrected chi connectivity index (χ4v) is 2.52. The molecule has 0 atom stereocenters. The highest BCUT2D eigenvalue weighted by molar-refractivity contribution is 7.13. The van der Waals surface area contributed by atoms with Gasteiger partial charge < -0.3 is 10.5 Å². The number of thiazole rings is 1. The fraction of sp³-hybridized carbons (Fsp3) is 0.357. The van der Waals surface area contributed by atoms with Crippen molar-refractivity contribution in [3.8, 4) is 16.3 Å². The molecule has 1 aromatic heterocycles. The smallest absolute Gasteiger partial charge is 0.123 e. The second-order valence-corrected chi connectivity index (χ2v) is 5.75. The molecule has 1 saturated carbocycles. The average molecular weight is 260 g/mol. The SMILES string of the molecule is NCC1(COc2ccc(-c3nccs3)cc2)CC1. The van der Waals surface area contributed by atoms with Crippen LogP contribution in [0.25, 0.3) is 10.6 Å². The Morgan fingerprint density at radius 1 is 1.28 bits per heavy atom. The van der Waals surface area contributed by atoms with Crippen LogP contribution in [-0.4, -0.2) is 18.1 Å². The Kier molecular flexibility index (Phi) is 3.06. The van der Waals surface area contributed by atoms with Crippen LogP contribution in [0.2, 0.25) is 0 Å². The van der Waals surface area contributed by atoms with Gasteiger partial charge in [-0.25, -0.2) is 4.98 Å². The molecule has 2 N–H and O–H groups in total. The van der Waals surface area contributed by atoms with E-state index in [2.05, 4.69) is 17.1 Å². The molecule has 1 aliphatic carbocycles. The van der Waals surface area contributed by atoms with Crippen LogP contribution in [0.3, 0.4) is 0 Å². The largest absolute Gasteiger partial charge is 0.493 e. The van der Waals surface area contributed by atoms with E-state index in [0.717, 1.165) is 29.5 Å². The number of nitrogens with zero attached hydrogens (tertiary/aromatic N) is 1.